The number of rotatable bonds is 7. The summed E-state index contributed by atoms with van der Waals surface area (Å²) in [6, 6.07) is 10.3. The van der Waals surface area contributed by atoms with Crippen LogP contribution in [0.2, 0.25) is 0 Å². The van der Waals surface area contributed by atoms with Crippen molar-refractivity contribution in [2.75, 3.05) is 27.8 Å². The van der Waals surface area contributed by atoms with Gasteiger partial charge in [0, 0.05) is 18.8 Å². The van der Waals surface area contributed by atoms with E-state index in [4.69, 9.17) is 9.47 Å². The maximum atomic E-state index is 12.2. The summed E-state index contributed by atoms with van der Waals surface area (Å²) < 4.78 is 10.3. The SMILES string of the molecule is COc1ccc(C(=O)NCC(=O)N(C)Cc2ccccn2)cc1OC. The highest BCUT2D eigenvalue weighted by Crippen LogP contribution is 2.27. The molecule has 0 saturated heterocycles. The molecule has 1 N–H and O–H groups in total. The minimum absolute atomic E-state index is 0.101. The number of aromatic nitrogens is 1. The third-order valence-corrected chi connectivity index (χ3v) is 3.60. The minimum atomic E-state index is -0.361. The molecule has 0 fully saturated rings. The molecule has 1 aromatic carbocycles. The molecular formula is C18H21N3O4. The summed E-state index contributed by atoms with van der Waals surface area (Å²) >= 11 is 0. The Morgan fingerprint density at radius 2 is 1.88 bits per heavy atom. The van der Waals surface area contributed by atoms with E-state index in [1.165, 1.54) is 19.1 Å². The van der Waals surface area contributed by atoms with Crippen molar-refractivity contribution in [3.8, 4) is 11.5 Å². The number of carbonyl (C=O) groups is 2. The first-order chi connectivity index (χ1) is 12.0. The standard InChI is InChI=1S/C18H21N3O4/c1-21(12-14-6-4-5-9-19-14)17(22)11-20-18(23)13-7-8-15(24-2)16(10-13)25-3/h4-10H,11-12H2,1-3H3,(H,20,23). The molecule has 0 aliphatic heterocycles. The van der Waals surface area contributed by atoms with Crippen molar-refractivity contribution in [1.29, 1.82) is 0 Å². The van der Waals surface area contributed by atoms with Crippen LogP contribution < -0.4 is 14.8 Å². The molecule has 2 aromatic rings. The van der Waals surface area contributed by atoms with E-state index in [0.717, 1.165) is 5.69 Å². The van der Waals surface area contributed by atoms with Gasteiger partial charge in [0.25, 0.3) is 5.91 Å². The van der Waals surface area contributed by atoms with Crippen molar-refractivity contribution in [2.45, 2.75) is 6.54 Å². The van der Waals surface area contributed by atoms with Gasteiger partial charge in [-0.05, 0) is 30.3 Å². The van der Waals surface area contributed by atoms with Gasteiger partial charge in [0.2, 0.25) is 5.91 Å². The molecule has 0 radical (unpaired) electrons. The van der Waals surface area contributed by atoms with Gasteiger partial charge in [-0.15, -0.1) is 0 Å². The highest BCUT2D eigenvalue weighted by atomic mass is 16.5. The summed E-state index contributed by atoms with van der Waals surface area (Å²) in [6.07, 6.45) is 1.67. The Morgan fingerprint density at radius 3 is 2.52 bits per heavy atom. The Kier molecular flexibility index (Phi) is 6.33. The molecule has 0 unspecified atom stereocenters. The molecule has 132 valence electrons. The number of hydrogen-bond acceptors (Lipinski definition) is 5. The zero-order chi connectivity index (χ0) is 18.2. The molecule has 1 aromatic heterocycles. The number of ether oxygens (including phenoxy) is 2. The van der Waals surface area contributed by atoms with E-state index in [2.05, 4.69) is 10.3 Å². The first-order valence-corrected chi connectivity index (χ1v) is 7.69. The second-order valence-electron chi connectivity index (χ2n) is 5.32. The van der Waals surface area contributed by atoms with E-state index in [0.29, 0.717) is 23.6 Å². The Bertz CT molecular complexity index is 734. The van der Waals surface area contributed by atoms with Crippen molar-refractivity contribution < 1.29 is 19.1 Å². The Labute approximate surface area is 146 Å². The number of methoxy groups -OCH3 is 2. The zero-order valence-electron chi connectivity index (χ0n) is 14.5. The van der Waals surface area contributed by atoms with E-state index < -0.39 is 0 Å². The van der Waals surface area contributed by atoms with Crippen molar-refractivity contribution in [3.63, 3.8) is 0 Å². The quantitative estimate of drug-likeness (QED) is 0.824. The van der Waals surface area contributed by atoms with Crippen LogP contribution in [0.1, 0.15) is 16.1 Å². The van der Waals surface area contributed by atoms with Crippen LogP contribution in [0.3, 0.4) is 0 Å². The molecule has 2 amide bonds. The largest absolute Gasteiger partial charge is 0.493 e. The zero-order valence-corrected chi connectivity index (χ0v) is 14.5. The molecule has 2 rings (SSSR count). The lowest BCUT2D eigenvalue weighted by molar-refractivity contribution is -0.129. The van der Waals surface area contributed by atoms with Gasteiger partial charge in [0.05, 0.1) is 33.0 Å². The van der Waals surface area contributed by atoms with Crippen LogP contribution in [-0.4, -0.2) is 49.5 Å². The smallest absolute Gasteiger partial charge is 0.251 e. The van der Waals surface area contributed by atoms with Crippen LogP contribution >= 0.6 is 0 Å². The highest BCUT2D eigenvalue weighted by molar-refractivity contribution is 5.97. The van der Waals surface area contributed by atoms with Crippen molar-refractivity contribution >= 4 is 11.8 Å². The van der Waals surface area contributed by atoms with Gasteiger partial charge >= 0.3 is 0 Å². The van der Waals surface area contributed by atoms with Gasteiger partial charge in [-0.2, -0.15) is 0 Å². The fourth-order valence-electron chi connectivity index (χ4n) is 2.19. The Balaban J connectivity index is 1.91. The van der Waals surface area contributed by atoms with Crippen molar-refractivity contribution in [2.24, 2.45) is 0 Å². The number of pyridine rings is 1. The van der Waals surface area contributed by atoms with Gasteiger partial charge in [-0.25, -0.2) is 0 Å². The molecule has 0 atom stereocenters. The molecule has 0 spiro atoms. The molecule has 7 nitrogen and oxygen atoms in total. The van der Waals surface area contributed by atoms with E-state index in [1.807, 2.05) is 18.2 Å². The molecule has 0 aliphatic rings. The van der Waals surface area contributed by atoms with E-state index in [-0.39, 0.29) is 18.4 Å². The Morgan fingerprint density at radius 1 is 1.12 bits per heavy atom. The third-order valence-electron chi connectivity index (χ3n) is 3.60. The lowest BCUT2D eigenvalue weighted by atomic mass is 10.2. The normalized spacial score (nSPS) is 10.0. The number of nitrogens with one attached hydrogen (secondary N) is 1. The summed E-state index contributed by atoms with van der Waals surface area (Å²) in [5.41, 5.74) is 1.17. The minimum Gasteiger partial charge on any atom is -0.493 e. The third kappa shape index (κ3) is 4.94. The number of nitrogens with zero attached hydrogens (tertiary/aromatic N) is 2. The molecule has 25 heavy (non-hydrogen) atoms. The maximum Gasteiger partial charge on any atom is 0.251 e. The van der Waals surface area contributed by atoms with E-state index >= 15 is 0 Å². The van der Waals surface area contributed by atoms with Crippen LogP contribution in [0.25, 0.3) is 0 Å². The van der Waals surface area contributed by atoms with Crippen molar-refractivity contribution in [3.05, 3.63) is 53.9 Å². The summed E-state index contributed by atoms with van der Waals surface area (Å²) in [6.45, 7) is 0.280. The molecule has 0 aliphatic carbocycles. The lowest BCUT2D eigenvalue weighted by Gasteiger charge is -2.17. The molecule has 0 bridgehead atoms. The van der Waals surface area contributed by atoms with Crippen LogP contribution in [0, 0.1) is 0 Å². The fourth-order valence-corrected chi connectivity index (χ4v) is 2.19. The Hall–Kier alpha value is -3.09. The van der Waals surface area contributed by atoms with Gasteiger partial charge in [0.1, 0.15) is 0 Å². The predicted molar refractivity (Wildman–Crippen MR) is 92.6 cm³/mol. The van der Waals surface area contributed by atoms with Crippen LogP contribution in [0.4, 0.5) is 0 Å². The number of amides is 2. The highest BCUT2D eigenvalue weighted by Gasteiger charge is 2.14. The lowest BCUT2D eigenvalue weighted by Crippen LogP contribution is -2.37. The molecule has 1 heterocycles. The van der Waals surface area contributed by atoms with Gasteiger partial charge in [-0.3, -0.25) is 14.6 Å². The maximum absolute atomic E-state index is 12.2. The summed E-state index contributed by atoms with van der Waals surface area (Å²) in [5, 5.41) is 2.61. The average molecular weight is 343 g/mol. The van der Waals surface area contributed by atoms with E-state index in [1.54, 1.807) is 31.4 Å². The van der Waals surface area contributed by atoms with Crippen LogP contribution in [0.15, 0.2) is 42.6 Å². The average Bonchev–Trinajstić information content (AvgIpc) is 2.65. The molecular weight excluding hydrogens is 322 g/mol. The summed E-state index contributed by atoms with van der Waals surface area (Å²) in [4.78, 5) is 30.0. The van der Waals surface area contributed by atoms with Crippen molar-refractivity contribution in [1.82, 2.24) is 15.2 Å². The van der Waals surface area contributed by atoms with Gasteiger partial charge < -0.3 is 19.7 Å². The molecule has 7 heteroatoms. The number of benzene rings is 1. The van der Waals surface area contributed by atoms with E-state index in [9.17, 15) is 9.59 Å². The van der Waals surface area contributed by atoms with Gasteiger partial charge in [-0.1, -0.05) is 6.07 Å². The monoisotopic (exact) mass is 343 g/mol. The first-order valence-electron chi connectivity index (χ1n) is 7.69. The summed E-state index contributed by atoms with van der Waals surface area (Å²) in [5.74, 6) is 0.416. The first kappa shape index (κ1) is 18.3. The number of hydrogen-bond donors (Lipinski definition) is 1. The van der Waals surface area contributed by atoms with Crippen LogP contribution in [-0.2, 0) is 11.3 Å². The predicted octanol–water partition coefficient (Wildman–Crippen LogP) is 1.49. The second-order valence-corrected chi connectivity index (χ2v) is 5.32. The van der Waals surface area contributed by atoms with Crippen LogP contribution in [0.5, 0.6) is 11.5 Å². The van der Waals surface area contributed by atoms with Gasteiger partial charge in [0.15, 0.2) is 11.5 Å². The number of carbonyl (C=O) groups excluding carboxylic acids is 2. The topological polar surface area (TPSA) is 80.8 Å². The second kappa shape index (κ2) is 8.68. The summed E-state index contributed by atoms with van der Waals surface area (Å²) in [7, 11) is 4.68. The fraction of sp³-hybridized carbons (Fsp3) is 0.278. The molecule has 0 saturated carbocycles. The number of likely N-dealkylation sites (N-methyl/N-ethyl adjacent to an activating group) is 1.